The minimum Gasteiger partial charge on any atom is -0.451 e. The van der Waals surface area contributed by atoms with Crippen LogP contribution in [0.15, 0.2) is 30.3 Å². The monoisotopic (exact) mass is 412 g/mol. The lowest BCUT2D eigenvalue weighted by Gasteiger charge is -2.15. The molecule has 0 saturated carbocycles. The third kappa shape index (κ3) is 4.89. The number of amides is 3. The maximum absolute atomic E-state index is 12.2. The van der Waals surface area contributed by atoms with E-state index < -0.39 is 37.2 Å². The van der Waals surface area contributed by atoms with Gasteiger partial charge in [0.1, 0.15) is 11.4 Å². The van der Waals surface area contributed by atoms with Gasteiger partial charge in [-0.2, -0.15) is 13.2 Å². The van der Waals surface area contributed by atoms with Gasteiger partial charge in [-0.3, -0.25) is 10.1 Å². The van der Waals surface area contributed by atoms with Crippen molar-refractivity contribution in [1.82, 2.24) is 10.6 Å². The number of benzene rings is 1. The molecular weight excluding hydrogens is 397 g/mol. The maximum atomic E-state index is 12.2. The van der Waals surface area contributed by atoms with Crippen molar-refractivity contribution in [3.63, 3.8) is 0 Å². The fourth-order valence-corrected chi connectivity index (χ4v) is 3.93. The summed E-state index contributed by atoms with van der Waals surface area (Å²) in [7, 11) is 0. The smallest absolute Gasteiger partial charge is 0.405 e. The molecule has 0 spiro atoms. The number of hydrogen-bond acceptors (Lipinski definition) is 5. The molecule has 1 aliphatic rings. The third-order valence-corrected chi connectivity index (χ3v) is 5.16. The summed E-state index contributed by atoms with van der Waals surface area (Å²) in [5, 5.41) is 3.14. The second kappa shape index (κ2) is 8.01. The van der Waals surface area contributed by atoms with Crippen LogP contribution in [0.1, 0.15) is 20.8 Å². The summed E-state index contributed by atoms with van der Waals surface area (Å²) in [6.07, 6.45) is -2.94. The molecule has 10 heteroatoms. The molecule has 1 aromatic carbocycles. The predicted molar refractivity (Wildman–Crippen MR) is 95.0 cm³/mol. The highest BCUT2D eigenvalue weighted by Crippen LogP contribution is 2.39. The number of halogens is 3. The van der Waals surface area contributed by atoms with Crippen LogP contribution in [0.4, 0.5) is 18.0 Å². The van der Waals surface area contributed by atoms with Gasteiger partial charge in [-0.1, -0.05) is 24.3 Å². The van der Waals surface area contributed by atoms with Gasteiger partial charge in [0.25, 0.3) is 5.91 Å². The molecule has 2 aromatic rings. The second-order valence-electron chi connectivity index (χ2n) is 6.04. The number of carbonyl (C=O) groups is 3. The normalized spacial score (nSPS) is 12.5. The first kappa shape index (κ1) is 19.9. The summed E-state index contributed by atoms with van der Waals surface area (Å²) in [6.45, 7) is -2.36. The van der Waals surface area contributed by atoms with E-state index in [4.69, 9.17) is 4.74 Å². The second-order valence-corrected chi connectivity index (χ2v) is 7.10. The lowest BCUT2D eigenvalue weighted by Crippen LogP contribution is -2.44. The van der Waals surface area contributed by atoms with Gasteiger partial charge in [0.2, 0.25) is 0 Å². The molecule has 1 aliphatic carbocycles. The molecule has 3 amide bonds. The molecule has 3 rings (SSSR count). The Morgan fingerprint density at radius 1 is 1.11 bits per heavy atom. The maximum Gasteiger partial charge on any atom is 0.405 e. The fourth-order valence-electron chi connectivity index (χ4n) is 2.76. The molecule has 0 unspecified atom stereocenters. The number of esters is 1. The van der Waals surface area contributed by atoms with Crippen molar-refractivity contribution in [2.75, 3.05) is 13.2 Å². The van der Waals surface area contributed by atoms with Crippen molar-refractivity contribution in [2.24, 2.45) is 0 Å². The average molecular weight is 412 g/mol. The predicted octanol–water partition coefficient (Wildman–Crippen LogP) is 3.06. The standard InChI is InChI=1S/C18H15F3N2O4S/c19-18(20,21)9-22-17(26)23-14(24)8-27-16(25)13-7-11-6-5-10-3-1-2-4-12(10)15(11)28-13/h1-4,7H,5-6,8-9H2,(H2,22,23,24,26). The third-order valence-electron chi connectivity index (χ3n) is 3.97. The van der Waals surface area contributed by atoms with Gasteiger partial charge in [0.05, 0.1) is 0 Å². The van der Waals surface area contributed by atoms with E-state index in [9.17, 15) is 27.6 Å². The molecule has 0 atom stereocenters. The summed E-state index contributed by atoms with van der Waals surface area (Å²) in [5.41, 5.74) is 3.28. The number of carbonyl (C=O) groups excluding carboxylic acids is 3. The highest BCUT2D eigenvalue weighted by Gasteiger charge is 2.28. The Bertz CT molecular complexity index is 924. The Labute approximate surface area is 161 Å². The molecule has 28 heavy (non-hydrogen) atoms. The minimum absolute atomic E-state index is 0.316. The fraction of sp³-hybridized carbons (Fsp3) is 0.278. The van der Waals surface area contributed by atoms with E-state index in [1.807, 2.05) is 24.3 Å². The van der Waals surface area contributed by atoms with Gasteiger partial charge in [-0.05, 0) is 35.6 Å². The number of imide groups is 1. The largest absolute Gasteiger partial charge is 0.451 e. The summed E-state index contributed by atoms with van der Waals surface area (Å²) >= 11 is 1.25. The van der Waals surface area contributed by atoms with Crippen LogP contribution in [0.2, 0.25) is 0 Å². The van der Waals surface area contributed by atoms with Gasteiger partial charge in [-0.25, -0.2) is 9.59 Å². The van der Waals surface area contributed by atoms with Gasteiger partial charge in [0.15, 0.2) is 6.61 Å². The van der Waals surface area contributed by atoms with Gasteiger partial charge < -0.3 is 10.1 Å². The number of ether oxygens (including phenoxy) is 1. The van der Waals surface area contributed by atoms with Crippen LogP contribution in [0.25, 0.3) is 10.4 Å². The zero-order valence-electron chi connectivity index (χ0n) is 14.4. The molecule has 0 fully saturated rings. The minimum atomic E-state index is -4.59. The van der Waals surface area contributed by atoms with E-state index >= 15 is 0 Å². The SMILES string of the molecule is O=C(COC(=O)c1cc2c(s1)-c1ccccc1CC2)NC(=O)NCC(F)(F)F. The van der Waals surface area contributed by atoms with Crippen molar-refractivity contribution in [3.8, 4) is 10.4 Å². The highest BCUT2D eigenvalue weighted by molar-refractivity contribution is 7.17. The van der Waals surface area contributed by atoms with Crippen molar-refractivity contribution in [3.05, 3.63) is 46.3 Å². The van der Waals surface area contributed by atoms with Crippen LogP contribution in [0, 0.1) is 0 Å². The molecule has 1 aromatic heterocycles. The van der Waals surface area contributed by atoms with E-state index in [0.29, 0.717) is 4.88 Å². The molecule has 1 heterocycles. The molecule has 0 radical (unpaired) electrons. The lowest BCUT2D eigenvalue weighted by molar-refractivity contribution is -0.125. The van der Waals surface area contributed by atoms with Crippen molar-refractivity contribution in [1.29, 1.82) is 0 Å². The number of rotatable bonds is 4. The average Bonchev–Trinajstić information content (AvgIpc) is 3.09. The van der Waals surface area contributed by atoms with Crippen LogP contribution in [-0.2, 0) is 22.4 Å². The Kier molecular flexibility index (Phi) is 5.68. The Hall–Kier alpha value is -2.88. The lowest BCUT2D eigenvalue weighted by atomic mass is 9.91. The highest BCUT2D eigenvalue weighted by atomic mass is 32.1. The number of urea groups is 1. The van der Waals surface area contributed by atoms with Crippen LogP contribution < -0.4 is 10.6 Å². The molecular formula is C18H15F3N2O4S. The zero-order chi connectivity index (χ0) is 20.3. The van der Waals surface area contributed by atoms with E-state index in [-0.39, 0.29) is 0 Å². The van der Waals surface area contributed by atoms with Crippen LogP contribution in [-0.4, -0.2) is 37.2 Å². The van der Waals surface area contributed by atoms with Crippen LogP contribution in [0.5, 0.6) is 0 Å². The molecule has 2 N–H and O–H groups in total. The van der Waals surface area contributed by atoms with E-state index in [1.165, 1.54) is 22.2 Å². The number of hydrogen-bond donors (Lipinski definition) is 2. The van der Waals surface area contributed by atoms with Crippen LogP contribution >= 0.6 is 11.3 Å². The first-order valence-corrected chi connectivity index (χ1v) is 9.07. The Morgan fingerprint density at radius 3 is 2.57 bits per heavy atom. The van der Waals surface area contributed by atoms with Crippen LogP contribution in [0.3, 0.4) is 0 Å². The number of fused-ring (bicyclic) bond motifs is 3. The summed E-state index contributed by atoms with van der Waals surface area (Å²) < 4.78 is 40.8. The number of aryl methyl sites for hydroxylation is 2. The molecule has 0 aliphatic heterocycles. The van der Waals surface area contributed by atoms with Crippen molar-refractivity contribution < 1.29 is 32.3 Å². The van der Waals surface area contributed by atoms with Gasteiger partial charge in [-0.15, -0.1) is 11.3 Å². The van der Waals surface area contributed by atoms with Crippen molar-refractivity contribution in [2.45, 2.75) is 19.0 Å². The first-order valence-electron chi connectivity index (χ1n) is 8.25. The van der Waals surface area contributed by atoms with Gasteiger partial charge in [0, 0.05) is 4.88 Å². The molecule has 6 nitrogen and oxygen atoms in total. The molecule has 0 saturated heterocycles. The van der Waals surface area contributed by atoms with Gasteiger partial charge >= 0.3 is 18.2 Å². The number of nitrogens with one attached hydrogen (secondary N) is 2. The van der Waals surface area contributed by atoms with E-state index in [0.717, 1.165) is 28.8 Å². The Morgan fingerprint density at radius 2 is 1.82 bits per heavy atom. The first-order chi connectivity index (χ1) is 13.2. The molecule has 0 bridgehead atoms. The summed E-state index contributed by atoms with van der Waals surface area (Å²) in [5.74, 6) is -1.76. The van der Waals surface area contributed by atoms with Crippen molar-refractivity contribution >= 4 is 29.2 Å². The number of thiophene rings is 1. The Balaban J connectivity index is 1.55. The quantitative estimate of drug-likeness (QED) is 0.756. The zero-order valence-corrected chi connectivity index (χ0v) is 15.2. The summed E-state index contributed by atoms with van der Waals surface area (Å²) in [4.78, 5) is 36.2. The topological polar surface area (TPSA) is 84.5 Å². The van der Waals surface area contributed by atoms with E-state index in [2.05, 4.69) is 0 Å². The number of alkyl halides is 3. The summed E-state index contributed by atoms with van der Waals surface area (Å²) in [6, 6.07) is 8.28. The van der Waals surface area contributed by atoms with E-state index in [1.54, 1.807) is 11.4 Å². The molecule has 148 valence electrons.